The van der Waals surface area contributed by atoms with Crippen molar-refractivity contribution in [3.8, 4) is 0 Å². The molecule has 0 aliphatic heterocycles. The molecule has 1 aliphatic carbocycles. The van der Waals surface area contributed by atoms with E-state index in [1.165, 1.54) is 24.8 Å². The highest BCUT2D eigenvalue weighted by Gasteiger charge is 2.42. The van der Waals surface area contributed by atoms with Crippen molar-refractivity contribution in [2.45, 2.75) is 39.0 Å². The van der Waals surface area contributed by atoms with E-state index in [0.29, 0.717) is 11.4 Å². The van der Waals surface area contributed by atoms with E-state index in [1.54, 1.807) is 0 Å². The number of hydrogen-bond acceptors (Lipinski definition) is 1. The lowest BCUT2D eigenvalue weighted by molar-refractivity contribution is 0.521. The van der Waals surface area contributed by atoms with Gasteiger partial charge in [0.15, 0.2) is 5.96 Å². The Morgan fingerprint density at radius 2 is 2.00 bits per heavy atom. The molecule has 4 heteroatoms. The highest BCUT2D eigenvalue weighted by atomic mass is 127. The summed E-state index contributed by atoms with van der Waals surface area (Å²) in [6.07, 6.45) is 5.99. The number of rotatable bonds is 7. The molecule has 0 heterocycles. The van der Waals surface area contributed by atoms with E-state index in [4.69, 9.17) is 5.73 Å². The zero-order valence-electron chi connectivity index (χ0n) is 12.3. The highest BCUT2D eigenvalue weighted by Crippen LogP contribution is 2.48. The van der Waals surface area contributed by atoms with Crippen LogP contribution in [0.1, 0.15) is 38.2 Å². The van der Waals surface area contributed by atoms with Crippen molar-refractivity contribution in [2.75, 3.05) is 13.1 Å². The van der Waals surface area contributed by atoms with E-state index in [0.717, 1.165) is 25.9 Å². The molecular formula is C16H26IN3. The fraction of sp³-hybridized carbons (Fsp3) is 0.562. The van der Waals surface area contributed by atoms with Crippen LogP contribution in [0.4, 0.5) is 0 Å². The first-order valence-corrected chi connectivity index (χ1v) is 7.32. The fourth-order valence-corrected chi connectivity index (χ4v) is 2.30. The minimum Gasteiger partial charge on any atom is -0.370 e. The summed E-state index contributed by atoms with van der Waals surface area (Å²) in [7, 11) is 0. The third-order valence-corrected chi connectivity index (χ3v) is 3.80. The van der Waals surface area contributed by atoms with Crippen molar-refractivity contribution < 1.29 is 0 Å². The second-order valence-electron chi connectivity index (χ2n) is 5.64. The van der Waals surface area contributed by atoms with Gasteiger partial charge in [-0.25, -0.2) is 0 Å². The van der Waals surface area contributed by atoms with Crippen molar-refractivity contribution in [1.82, 2.24) is 5.32 Å². The number of nitrogens with zero attached hydrogens (tertiary/aromatic N) is 1. The SMILES string of the molecule is CCCCNC(N)=NCC1(Cc2ccccc2)CC1.I. The molecule has 1 aliphatic rings. The average molecular weight is 387 g/mol. The molecular weight excluding hydrogens is 361 g/mol. The Labute approximate surface area is 139 Å². The largest absolute Gasteiger partial charge is 0.370 e. The van der Waals surface area contributed by atoms with Crippen molar-refractivity contribution >= 4 is 29.9 Å². The van der Waals surface area contributed by atoms with Crippen LogP contribution in [0.15, 0.2) is 35.3 Å². The van der Waals surface area contributed by atoms with E-state index in [-0.39, 0.29) is 24.0 Å². The van der Waals surface area contributed by atoms with E-state index >= 15 is 0 Å². The highest BCUT2D eigenvalue weighted by molar-refractivity contribution is 14.0. The molecule has 2 rings (SSSR count). The average Bonchev–Trinajstić information content (AvgIpc) is 3.18. The zero-order chi connectivity index (χ0) is 13.6. The Morgan fingerprint density at radius 3 is 2.60 bits per heavy atom. The molecule has 3 nitrogen and oxygen atoms in total. The minimum absolute atomic E-state index is 0. The summed E-state index contributed by atoms with van der Waals surface area (Å²) in [5, 5.41) is 3.18. The van der Waals surface area contributed by atoms with Crippen LogP contribution < -0.4 is 11.1 Å². The van der Waals surface area contributed by atoms with Crippen molar-refractivity contribution in [3.05, 3.63) is 35.9 Å². The third kappa shape index (κ3) is 5.69. The van der Waals surface area contributed by atoms with Gasteiger partial charge in [-0.15, -0.1) is 24.0 Å². The fourth-order valence-electron chi connectivity index (χ4n) is 2.30. The van der Waals surface area contributed by atoms with Gasteiger partial charge in [0.25, 0.3) is 0 Å². The van der Waals surface area contributed by atoms with Gasteiger partial charge in [-0.2, -0.15) is 0 Å². The molecule has 0 atom stereocenters. The number of nitrogens with one attached hydrogen (secondary N) is 1. The molecule has 1 aromatic carbocycles. The van der Waals surface area contributed by atoms with Gasteiger partial charge >= 0.3 is 0 Å². The van der Waals surface area contributed by atoms with Crippen LogP contribution >= 0.6 is 24.0 Å². The van der Waals surface area contributed by atoms with Crippen LogP contribution in [0, 0.1) is 5.41 Å². The van der Waals surface area contributed by atoms with Gasteiger partial charge in [0, 0.05) is 13.1 Å². The number of aliphatic imine (C=N–C) groups is 1. The Bertz CT molecular complexity index is 413. The summed E-state index contributed by atoms with van der Waals surface area (Å²) in [5.41, 5.74) is 7.67. The number of halogens is 1. The summed E-state index contributed by atoms with van der Waals surface area (Å²) >= 11 is 0. The predicted octanol–water partition coefficient (Wildman–Crippen LogP) is 3.33. The van der Waals surface area contributed by atoms with Crippen LogP contribution in [0.2, 0.25) is 0 Å². The lowest BCUT2D eigenvalue weighted by Crippen LogP contribution is -2.33. The summed E-state index contributed by atoms with van der Waals surface area (Å²) in [6.45, 7) is 3.96. The summed E-state index contributed by atoms with van der Waals surface area (Å²) in [5.74, 6) is 0.604. The molecule has 3 N–H and O–H groups in total. The molecule has 1 aromatic rings. The number of nitrogens with two attached hydrogens (primary N) is 1. The summed E-state index contributed by atoms with van der Waals surface area (Å²) < 4.78 is 0. The Morgan fingerprint density at radius 1 is 1.30 bits per heavy atom. The van der Waals surface area contributed by atoms with Gasteiger partial charge in [0.05, 0.1) is 0 Å². The van der Waals surface area contributed by atoms with Crippen LogP contribution in [-0.2, 0) is 6.42 Å². The zero-order valence-corrected chi connectivity index (χ0v) is 14.6. The molecule has 20 heavy (non-hydrogen) atoms. The predicted molar refractivity (Wildman–Crippen MR) is 96.6 cm³/mol. The first-order chi connectivity index (χ1) is 9.24. The van der Waals surface area contributed by atoms with E-state index in [1.807, 2.05) is 0 Å². The van der Waals surface area contributed by atoms with Gasteiger partial charge in [0.1, 0.15) is 0 Å². The maximum atomic E-state index is 5.88. The Balaban J connectivity index is 0.00000200. The van der Waals surface area contributed by atoms with E-state index in [2.05, 4.69) is 47.6 Å². The molecule has 112 valence electrons. The second kappa shape index (κ2) is 8.49. The van der Waals surface area contributed by atoms with Crippen molar-refractivity contribution in [2.24, 2.45) is 16.1 Å². The van der Waals surface area contributed by atoms with Gasteiger partial charge in [0.2, 0.25) is 0 Å². The van der Waals surface area contributed by atoms with Crippen LogP contribution in [0.5, 0.6) is 0 Å². The molecule has 0 aromatic heterocycles. The molecule has 0 bridgehead atoms. The van der Waals surface area contributed by atoms with Crippen LogP contribution in [0.3, 0.4) is 0 Å². The summed E-state index contributed by atoms with van der Waals surface area (Å²) in [6, 6.07) is 10.7. The Hall–Kier alpha value is -0.780. The molecule has 1 fully saturated rings. The number of unbranched alkanes of at least 4 members (excludes halogenated alkanes) is 1. The van der Waals surface area contributed by atoms with Gasteiger partial charge < -0.3 is 11.1 Å². The maximum Gasteiger partial charge on any atom is 0.188 e. The van der Waals surface area contributed by atoms with Crippen molar-refractivity contribution in [3.63, 3.8) is 0 Å². The van der Waals surface area contributed by atoms with Crippen LogP contribution in [0.25, 0.3) is 0 Å². The first kappa shape index (κ1) is 17.3. The third-order valence-electron chi connectivity index (χ3n) is 3.80. The van der Waals surface area contributed by atoms with E-state index in [9.17, 15) is 0 Å². The number of benzene rings is 1. The van der Waals surface area contributed by atoms with E-state index < -0.39 is 0 Å². The maximum absolute atomic E-state index is 5.88. The molecule has 0 saturated heterocycles. The lowest BCUT2D eigenvalue weighted by atomic mass is 9.97. The van der Waals surface area contributed by atoms with Gasteiger partial charge in [-0.3, -0.25) is 4.99 Å². The van der Waals surface area contributed by atoms with Crippen LogP contribution in [-0.4, -0.2) is 19.0 Å². The minimum atomic E-state index is 0. The monoisotopic (exact) mass is 387 g/mol. The number of hydrogen-bond donors (Lipinski definition) is 2. The Kier molecular flexibility index (Phi) is 7.34. The first-order valence-electron chi connectivity index (χ1n) is 7.32. The second-order valence-corrected chi connectivity index (χ2v) is 5.64. The summed E-state index contributed by atoms with van der Waals surface area (Å²) in [4.78, 5) is 4.51. The van der Waals surface area contributed by atoms with Gasteiger partial charge in [-0.05, 0) is 36.7 Å². The number of guanidine groups is 1. The van der Waals surface area contributed by atoms with Gasteiger partial charge in [-0.1, -0.05) is 43.7 Å². The standard InChI is InChI=1S/C16H25N3.HI/c1-2-3-11-18-15(17)19-13-16(9-10-16)12-14-7-5-4-6-8-14;/h4-8H,2-3,9-13H2,1H3,(H3,17,18,19);1H. The molecule has 0 amide bonds. The normalized spacial score (nSPS) is 16.4. The smallest absolute Gasteiger partial charge is 0.188 e. The molecule has 0 radical (unpaired) electrons. The van der Waals surface area contributed by atoms with Crippen molar-refractivity contribution in [1.29, 1.82) is 0 Å². The topological polar surface area (TPSA) is 50.4 Å². The molecule has 0 unspecified atom stereocenters. The lowest BCUT2D eigenvalue weighted by Gasteiger charge is -2.13. The quantitative estimate of drug-likeness (QED) is 0.326. The molecule has 0 spiro atoms. The molecule has 1 saturated carbocycles.